The van der Waals surface area contributed by atoms with Crippen molar-refractivity contribution in [1.29, 1.82) is 0 Å². The first-order valence-corrected chi connectivity index (χ1v) is 6.48. The molecule has 0 fully saturated rings. The van der Waals surface area contributed by atoms with Gasteiger partial charge in [-0.1, -0.05) is 26.2 Å². The molecule has 0 aliphatic heterocycles. The van der Waals surface area contributed by atoms with Crippen LogP contribution in [-0.4, -0.2) is 30.7 Å². The van der Waals surface area contributed by atoms with E-state index < -0.39 is 0 Å². The molecule has 0 saturated carbocycles. The first-order valence-electron chi connectivity index (χ1n) is 5.85. The highest BCUT2D eigenvalue weighted by Gasteiger charge is 2.03. The van der Waals surface area contributed by atoms with Crippen LogP contribution in [0.25, 0.3) is 0 Å². The van der Waals surface area contributed by atoms with E-state index in [-0.39, 0.29) is 18.4 Å². The molecule has 5 heteroatoms. The average molecular weight is 246 g/mol. The van der Waals surface area contributed by atoms with E-state index in [4.69, 9.17) is 0 Å². The molecule has 0 atom stereocenters. The van der Waals surface area contributed by atoms with Gasteiger partial charge in [-0.05, 0) is 12.2 Å². The van der Waals surface area contributed by atoms with Crippen molar-refractivity contribution < 1.29 is 9.59 Å². The highest BCUT2D eigenvalue weighted by Crippen LogP contribution is 1.96. The summed E-state index contributed by atoms with van der Waals surface area (Å²) < 4.78 is 0. The number of amides is 2. The molecular weight excluding hydrogens is 224 g/mol. The molecule has 0 aromatic heterocycles. The summed E-state index contributed by atoms with van der Waals surface area (Å²) in [5.74, 6) is 0.255. The summed E-state index contributed by atoms with van der Waals surface area (Å²) in [6.45, 7) is 2.91. The highest BCUT2D eigenvalue weighted by atomic mass is 32.1. The smallest absolute Gasteiger partial charge is 0.239 e. The predicted octanol–water partition coefficient (Wildman–Crippen LogP) is 1.12. The molecular formula is C11H22N2O2S. The van der Waals surface area contributed by atoms with Crippen molar-refractivity contribution in [1.82, 2.24) is 10.6 Å². The lowest BCUT2D eigenvalue weighted by atomic mass is 10.2. The number of hydrogen-bond donors (Lipinski definition) is 3. The second kappa shape index (κ2) is 10.8. The zero-order valence-electron chi connectivity index (χ0n) is 9.92. The summed E-state index contributed by atoms with van der Waals surface area (Å²) in [5, 5.41) is 5.30. The molecule has 0 unspecified atom stereocenters. The molecule has 2 N–H and O–H groups in total. The van der Waals surface area contributed by atoms with E-state index >= 15 is 0 Å². The monoisotopic (exact) mass is 246 g/mol. The van der Waals surface area contributed by atoms with Crippen LogP contribution in [0, 0.1) is 0 Å². The number of carbonyl (C=O) groups excluding carboxylic acids is 2. The fourth-order valence-corrected chi connectivity index (χ4v) is 1.41. The van der Waals surface area contributed by atoms with Crippen LogP contribution in [0.3, 0.4) is 0 Å². The fourth-order valence-electron chi connectivity index (χ4n) is 1.21. The Morgan fingerprint density at radius 1 is 1.06 bits per heavy atom. The minimum Gasteiger partial charge on any atom is -0.355 e. The number of rotatable bonds is 9. The normalized spacial score (nSPS) is 9.88. The van der Waals surface area contributed by atoms with E-state index in [1.807, 2.05) is 0 Å². The van der Waals surface area contributed by atoms with Gasteiger partial charge in [0.15, 0.2) is 0 Å². The van der Waals surface area contributed by atoms with Gasteiger partial charge in [0.2, 0.25) is 11.8 Å². The van der Waals surface area contributed by atoms with Gasteiger partial charge < -0.3 is 10.6 Å². The SMILES string of the molecule is CCCCCCNC(=O)CNC(=O)CCS. The molecule has 2 amide bonds. The third-order valence-electron chi connectivity index (χ3n) is 2.14. The molecule has 0 aromatic rings. The average Bonchev–Trinajstić information content (AvgIpc) is 2.26. The van der Waals surface area contributed by atoms with E-state index in [2.05, 4.69) is 30.2 Å². The third kappa shape index (κ3) is 9.83. The van der Waals surface area contributed by atoms with E-state index in [1.54, 1.807) is 0 Å². The van der Waals surface area contributed by atoms with Gasteiger partial charge in [0.1, 0.15) is 0 Å². The summed E-state index contributed by atoms with van der Waals surface area (Å²) in [6.07, 6.45) is 4.89. The summed E-state index contributed by atoms with van der Waals surface area (Å²) in [7, 11) is 0. The Morgan fingerprint density at radius 2 is 1.81 bits per heavy atom. The Labute approximate surface area is 103 Å². The number of hydrogen-bond acceptors (Lipinski definition) is 3. The molecule has 0 heterocycles. The van der Waals surface area contributed by atoms with Gasteiger partial charge >= 0.3 is 0 Å². The van der Waals surface area contributed by atoms with Crippen LogP contribution in [0.1, 0.15) is 39.0 Å². The van der Waals surface area contributed by atoms with E-state index in [0.717, 1.165) is 12.8 Å². The summed E-state index contributed by atoms with van der Waals surface area (Å²) in [6, 6.07) is 0. The van der Waals surface area contributed by atoms with Crippen molar-refractivity contribution in [3.8, 4) is 0 Å². The second-order valence-electron chi connectivity index (χ2n) is 3.66. The standard InChI is InChI=1S/C11H22N2O2S/c1-2-3-4-5-7-12-11(15)9-13-10(14)6-8-16/h16H,2-9H2,1H3,(H,12,15)(H,13,14). The summed E-state index contributed by atoms with van der Waals surface area (Å²) in [5.41, 5.74) is 0. The van der Waals surface area contributed by atoms with Crippen molar-refractivity contribution in [2.45, 2.75) is 39.0 Å². The lowest BCUT2D eigenvalue weighted by Crippen LogP contribution is -2.37. The quantitative estimate of drug-likeness (QED) is 0.422. The van der Waals surface area contributed by atoms with E-state index in [0.29, 0.717) is 18.7 Å². The van der Waals surface area contributed by atoms with Gasteiger partial charge in [-0.25, -0.2) is 0 Å². The maximum atomic E-state index is 11.2. The van der Waals surface area contributed by atoms with Crippen LogP contribution in [0.2, 0.25) is 0 Å². The van der Waals surface area contributed by atoms with Gasteiger partial charge in [0.05, 0.1) is 6.54 Å². The van der Waals surface area contributed by atoms with Crippen LogP contribution in [-0.2, 0) is 9.59 Å². The molecule has 4 nitrogen and oxygen atoms in total. The summed E-state index contributed by atoms with van der Waals surface area (Å²) in [4.78, 5) is 22.3. The molecule has 0 spiro atoms. The van der Waals surface area contributed by atoms with Gasteiger partial charge in [0, 0.05) is 13.0 Å². The Morgan fingerprint density at radius 3 is 2.44 bits per heavy atom. The van der Waals surface area contributed by atoms with Gasteiger partial charge in [0.25, 0.3) is 0 Å². The first-order chi connectivity index (χ1) is 7.70. The summed E-state index contributed by atoms with van der Waals surface area (Å²) >= 11 is 3.93. The number of nitrogens with one attached hydrogen (secondary N) is 2. The minimum atomic E-state index is -0.129. The molecule has 0 aliphatic carbocycles. The van der Waals surface area contributed by atoms with Crippen molar-refractivity contribution in [3.05, 3.63) is 0 Å². The molecule has 94 valence electrons. The lowest BCUT2D eigenvalue weighted by molar-refractivity contribution is -0.125. The van der Waals surface area contributed by atoms with Crippen molar-refractivity contribution in [2.24, 2.45) is 0 Å². The Hall–Kier alpha value is -0.710. The fraction of sp³-hybridized carbons (Fsp3) is 0.818. The second-order valence-corrected chi connectivity index (χ2v) is 4.11. The molecule has 0 aliphatic rings. The number of thiol groups is 1. The van der Waals surface area contributed by atoms with E-state index in [1.165, 1.54) is 12.8 Å². The maximum absolute atomic E-state index is 11.2. The molecule has 0 bridgehead atoms. The first kappa shape index (κ1) is 15.3. The van der Waals surface area contributed by atoms with Crippen molar-refractivity contribution in [2.75, 3.05) is 18.8 Å². The van der Waals surface area contributed by atoms with Crippen LogP contribution < -0.4 is 10.6 Å². The van der Waals surface area contributed by atoms with Crippen molar-refractivity contribution >= 4 is 24.4 Å². The minimum absolute atomic E-state index is 0.0698. The molecule has 16 heavy (non-hydrogen) atoms. The van der Waals surface area contributed by atoms with Crippen molar-refractivity contribution in [3.63, 3.8) is 0 Å². The largest absolute Gasteiger partial charge is 0.355 e. The molecule has 0 saturated heterocycles. The van der Waals surface area contributed by atoms with Crippen LogP contribution >= 0.6 is 12.6 Å². The van der Waals surface area contributed by atoms with Crippen LogP contribution in [0.4, 0.5) is 0 Å². The molecule has 0 rings (SSSR count). The van der Waals surface area contributed by atoms with Crippen LogP contribution in [0.5, 0.6) is 0 Å². The maximum Gasteiger partial charge on any atom is 0.239 e. The number of carbonyl (C=O) groups is 2. The highest BCUT2D eigenvalue weighted by molar-refractivity contribution is 7.80. The Balaban J connectivity index is 3.34. The van der Waals surface area contributed by atoms with Gasteiger partial charge in [-0.15, -0.1) is 0 Å². The van der Waals surface area contributed by atoms with Crippen LogP contribution in [0.15, 0.2) is 0 Å². The van der Waals surface area contributed by atoms with Gasteiger partial charge in [-0.2, -0.15) is 12.6 Å². The lowest BCUT2D eigenvalue weighted by Gasteiger charge is -2.06. The topological polar surface area (TPSA) is 58.2 Å². The zero-order chi connectivity index (χ0) is 12.2. The van der Waals surface area contributed by atoms with Gasteiger partial charge in [-0.3, -0.25) is 9.59 Å². The predicted molar refractivity (Wildman–Crippen MR) is 68.6 cm³/mol. The zero-order valence-corrected chi connectivity index (χ0v) is 10.8. The Bertz CT molecular complexity index is 210. The molecule has 0 aromatic carbocycles. The third-order valence-corrected chi connectivity index (χ3v) is 2.36. The molecule has 0 radical (unpaired) electrons. The Kier molecular flexibility index (Phi) is 10.3. The van der Waals surface area contributed by atoms with E-state index in [9.17, 15) is 9.59 Å². The number of unbranched alkanes of at least 4 members (excludes halogenated alkanes) is 3.